The highest BCUT2D eigenvalue weighted by Crippen LogP contribution is 2.21. The Morgan fingerprint density at radius 1 is 1.10 bits per heavy atom. The Kier molecular flexibility index (Phi) is 4.86. The van der Waals surface area contributed by atoms with Crippen molar-refractivity contribution in [2.75, 3.05) is 26.4 Å². The first kappa shape index (κ1) is 14.5. The molecule has 0 radical (unpaired) electrons. The second kappa shape index (κ2) is 7.03. The lowest BCUT2D eigenvalue weighted by molar-refractivity contribution is -0.00963. The minimum atomic E-state index is -0.561. The van der Waals surface area contributed by atoms with E-state index in [2.05, 4.69) is 12.1 Å². The van der Waals surface area contributed by atoms with Crippen molar-refractivity contribution in [2.24, 2.45) is 5.92 Å². The van der Waals surface area contributed by atoms with E-state index in [0.717, 1.165) is 37.0 Å². The van der Waals surface area contributed by atoms with Gasteiger partial charge in [0.05, 0.1) is 6.61 Å². The third-order valence-electron chi connectivity index (χ3n) is 4.13. The molecule has 112 valence electrons. The van der Waals surface area contributed by atoms with Gasteiger partial charge in [-0.05, 0) is 41.2 Å². The van der Waals surface area contributed by atoms with Crippen LogP contribution in [0.2, 0.25) is 0 Å². The average Bonchev–Trinajstić information content (AvgIpc) is 2.55. The fourth-order valence-corrected chi connectivity index (χ4v) is 2.77. The van der Waals surface area contributed by atoms with E-state index in [1.807, 2.05) is 30.3 Å². The topological polar surface area (TPSA) is 38.7 Å². The molecule has 3 rings (SSSR count). The van der Waals surface area contributed by atoms with Crippen molar-refractivity contribution < 1.29 is 14.6 Å². The summed E-state index contributed by atoms with van der Waals surface area (Å²) in [6.07, 6.45) is 1.56. The molecule has 1 fully saturated rings. The van der Waals surface area contributed by atoms with Crippen molar-refractivity contribution in [3.05, 3.63) is 48.0 Å². The maximum Gasteiger partial charge on any atom is 0.102 e. The van der Waals surface area contributed by atoms with Crippen molar-refractivity contribution in [1.29, 1.82) is 0 Å². The summed E-state index contributed by atoms with van der Waals surface area (Å²) >= 11 is 0. The molecule has 0 aromatic heterocycles. The second-order valence-corrected chi connectivity index (χ2v) is 5.72. The van der Waals surface area contributed by atoms with Gasteiger partial charge in [0.15, 0.2) is 0 Å². The zero-order valence-corrected chi connectivity index (χ0v) is 12.2. The highest BCUT2D eigenvalue weighted by molar-refractivity contribution is 5.83. The molecule has 1 aliphatic heterocycles. The van der Waals surface area contributed by atoms with E-state index < -0.39 is 6.10 Å². The van der Waals surface area contributed by atoms with Gasteiger partial charge in [-0.3, -0.25) is 0 Å². The Bertz CT molecular complexity index is 575. The molecule has 1 saturated heterocycles. The molecule has 0 amide bonds. The van der Waals surface area contributed by atoms with Crippen molar-refractivity contribution in [2.45, 2.75) is 18.9 Å². The summed E-state index contributed by atoms with van der Waals surface area (Å²) in [5.41, 5.74) is 0.917. The first-order valence-corrected chi connectivity index (χ1v) is 7.65. The van der Waals surface area contributed by atoms with Crippen LogP contribution in [0.25, 0.3) is 10.8 Å². The van der Waals surface area contributed by atoms with Crippen LogP contribution in [0.4, 0.5) is 0 Å². The van der Waals surface area contributed by atoms with E-state index in [1.165, 1.54) is 5.39 Å². The molecule has 0 saturated carbocycles. The van der Waals surface area contributed by atoms with Gasteiger partial charge in [-0.25, -0.2) is 0 Å². The number of hydrogen-bond acceptors (Lipinski definition) is 3. The Morgan fingerprint density at radius 2 is 1.86 bits per heavy atom. The lowest BCUT2D eigenvalue weighted by atomic mass is 10.0. The van der Waals surface area contributed by atoms with Crippen molar-refractivity contribution in [3.63, 3.8) is 0 Å². The number of benzene rings is 2. The number of fused-ring (bicyclic) bond motifs is 1. The molecule has 0 spiro atoms. The Morgan fingerprint density at radius 3 is 2.67 bits per heavy atom. The largest absolute Gasteiger partial charge is 0.386 e. The lowest BCUT2D eigenvalue weighted by Crippen LogP contribution is -2.21. The standard InChI is InChI=1S/C18H22O3/c19-18(13-21-12-14-7-9-20-10-8-14)17-6-5-15-3-1-2-4-16(15)11-17/h1-6,11,14,18-19H,7-10,12-13H2. The zero-order chi connectivity index (χ0) is 14.5. The zero-order valence-electron chi connectivity index (χ0n) is 12.2. The molecular formula is C18H22O3. The fraction of sp³-hybridized carbons (Fsp3) is 0.444. The van der Waals surface area contributed by atoms with Crippen LogP contribution in [-0.4, -0.2) is 31.5 Å². The molecule has 2 aromatic carbocycles. The SMILES string of the molecule is OC(COCC1CCOCC1)c1ccc2ccccc2c1. The summed E-state index contributed by atoms with van der Waals surface area (Å²) in [6.45, 7) is 2.74. The van der Waals surface area contributed by atoms with Gasteiger partial charge < -0.3 is 14.6 Å². The molecule has 1 atom stereocenters. The molecule has 0 bridgehead atoms. The summed E-state index contributed by atoms with van der Waals surface area (Å²) < 4.78 is 11.0. The van der Waals surface area contributed by atoms with Gasteiger partial charge >= 0.3 is 0 Å². The van der Waals surface area contributed by atoms with Gasteiger partial charge in [0.25, 0.3) is 0 Å². The number of aliphatic hydroxyl groups excluding tert-OH is 1. The Labute approximate surface area is 125 Å². The summed E-state index contributed by atoms with van der Waals surface area (Å²) in [5.74, 6) is 0.572. The van der Waals surface area contributed by atoms with Crippen LogP contribution in [0.5, 0.6) is 0 Å². The monoisotopic (exact) mass is 286 g/mol. The highest BCUT2D eigenvalue weighted by atomic mass is 16.5. The van der Waals surface area contributed by atoms with E-state index >= 15 is 0 Å². The molecular weight excluding hydrogens is 264 g/mol. The number of ether oxygens (including phenoxy) is 2. The van der Waals surface area contributed by atoms with Crippen LogP contribution in [0.1, 0.15) is 24.5 Å². The van der Waals surface area contributed by atoms with Crippen LogP contribution in [0.15, 0.2) is 42.5 Å². The van der Waals surface area contributed by atoms with Crippen LogP contribution in [0, 0.1) is 5.92 Å². The highest BCUT2D eigenvalue weighted by Gasteiger charge is 2.15. The molecule has 0 aliphatic carbocycles. The van der Waals surface area contributed by atoms with Gasteiger partial charge in [-0.15, -0.1) is 0 Å². The summed E-state index contributed by atoms with van der Waals surface area (Å²) in [4.78, 5) is 0. The lowest BCUT2D eigenvalue weighted by Gasteiger charge is -2.22. The van der Waals surface area contributed by atoms with Gasteiger partial charge in [-0.1, -0.05) is 36.4 Å². The normalized spacial score (nSPS) is 18.0. The maximum atomic E-state index is 10.3. The number of hydrogen-bond donors (Lipinski definition) is 1. The molecule has 3 heteroatoms. The van der Waals surface area contributed by atoms with E-state index in [-0.39, 0.29) is 0 Å². The van der Waals surface area contributed by atoms with E-state index in [4.69, 9.17) is 9.47 Å². The minimum Gasteiger partial charge on any atom is -0.386 e. The van der Waals surface area contributed by atoms with Gasteiger partial charge in [0.1, 0.15) is 6.10 Å². The predicted octanol–water partition coefficient (Wildman–Crippen LogP) is 3.32. The molecule has 1 aliphatic rings. The van der Waals surface area contributed by atoms with E-state index in [0.29, 0.717) is 19.1 Å². The van der Waals surface area contributed by atoms with Crippen molar-refractivity contribution in [3.8, 4) is 0 Å². The molecule has 1 heterocycles. The molecule has 1 unspecified atom stereocenters. The van der Waals surface area contributed by atoms with E-state index in [9.17, 15) is 5.11 Å². The van der Waals surface area contributed by atoms with Crippen molar-refractivity contribution >= 4 is 10.8 Å². The third-order valence-corrected chi connectivity index (χ3v) is 4.13. The number of rotatable bonds is 5. The van der Waals surface area contributed by atoms with Crippen LogP contribution in [0.3, 0.4) is 0 Å². The Balaban J connectivity index is 1.54. The van der Waals surface area contributed by atoms with Crippen LogP contribution >= 0.6 is 0 Å². The summed E-state index contributed by atoms with van der Waals surface area (Å²) in [6, 6.07) is 14.2. The maximum absolute atomic E-state index is 10.3. The fourth-order valence-electron chi connectivity index (χ4n) is 2.77. The first-order valence-electron chi connectivity index (χ1n) is 7.65. The average molecular weight is 286 g/mol. The second-order valence-electron chi connectivity index (χ2n) is 5.72. The molecule has 3 nitrogen and oxygen atoms in total. The first-order chi connectivity index (χ1) is 10.3. The smallest absolute Gasteiger partial charge is 0.102 e. The van der Waals surface area contributed by atoms with Crippen LogP contribution < -0.4 is 0 Å². The van der Waals surface area contributed by atoms with Gasteiger partial charge in [0.2, 0.25) is 0 Å². The molecule has 2 aromatic rings. The number of aliphatic hydroxyl groups is 1. The predicted molar refractivity (Wildman–Crippen MR) is 83.3 cm³/mol. The summed E-state index contributed by atoms with van der Waals surface area (Å²) in [7, 11) is 0. The molecule has 1 N–H and O–H groups in total. The van der Waals surface area contributed by atoms with Crippen molar-refractivity contribution in [1.82, 2.24) is 0 Å². The van der Waals surface area contributed by atoms with E-state index in [1.54, 1.807) is 0 Å². The summed E-state index contributed by atoms with van der Waals surface area (Å²) in [5, 5.41) is 12.6. The third kappa shape index (κ3) is 3.82. The van der Waals surface area contributed by atoms with Crippen LogP contribution in [-0.2, 0) is 9.47 Å². The quantitative estimate of drug-likeness (QED) is 0.916. The van der Waals surface area contributed by atoms with Gasteiger partial charge in [-0.2, -0.15) is 0 Å². The van der Waals surface area contributed by atoms with Gasteiger partial charge in [0, 0.05) is 19.8 Å². The Hall–Kier alpha value is -1.42. The minimum absolute atomic E-state index is 0.357. The molecule has 21 heavy (non-hydrogen) atoms.